The van der Waals surface area contributed by atoms with Crippen LogP contribution in [0.5, 0.6) is 0 Å². The fourth-order valence-corrected chi connectivity index (χ4v) is 8.42. The molecule has 0 aromatic carbocycles. The van der Waals surface area contributed by atoms with Crippen LogP contribution in [0.2, 0.25) is 24.7 Å². The van der Waals surface area contributed by atoms with Gasteiger partial charge in [-0.05, 0) is 37.5 Å². The summed E-state index contributed by atoms with van der Waals surface area (Å²) in [5, 5.41) is 9.64. The Bertz CT molecular complexity index is 250. The number of aliphatic hydroxyl groups excluding tert-OH is 1. The highest BCUT2D eigenvalue weighted by Crippen LogP contribution is 2.43. The Balaban J connectivity index is 1.72. The van der Waals surface area contributed by atoms with Crippen molar-refractivity contribution in [1.82, 2.24) is 0 Å². The molecule has 1 aliphatic carbocycles. The lowest BCUT2D eigenvalue weighted by molar-refractivity contribution is 0.0879. The second kappa shape index (κ2) is 7.26. The van der Waals surface area contributed by atoms with Crippen molar-refractivity contribution in [3.8, 4) is 0 Å². The lowest BCUT2D eigenvalue weighted by Gasteiger charge is -2.41. The van der Waals surface area contributed by atoms with Gasteiger partial charge in [-0.15, -0.1) is 0 Å². The maximum absolute atomic E-state index is 9.64. The highest BCUT2D eigenvalue weighted by atomic mass is 28.3. The third-order valence-electron chi connectivity index (χ3n) is 6.03. The Labute approximate surface area is 121 Å². The van der Waals surface area contributed by atoms with Gasteiger partial charge in [0.2, 0.25) is 0 Å². The van der Waals surface area contributed by atoms with E-state index in [-0.39, 0.29) is 6.10 Å². The molecule has 1 heterocycles. The molecule has 0 aromatic rings. The summed E-state index contributed by atoms with van der Waals surface area (Å²) in [6.45, 7) is 4.99. The molecular weight excluding hydrogens is 248 g/mol. The predicted molar refractivity (Wildman–Crippen MR) is 86.3 cm³/mol. The molecule has 2 rings (SSSR count). The van der Waals surface area contributed by atoms with Crippen LogP contribution in [0.3, 0.4) is 0 Å². The average Bonchev–Trinajstić information content (AvgIpc) is 2.41. The summed E-state index contributed by atoms with van der Waals surface area (Å²) in [4.78, 5) is 0. The predicted octanol–water partition coefficient (Wildman–Crippen LogP) is 5.22. The van der Waals surface area contributed by atoms with Crippen LogP contribution in [-0.2, 0) is 0 Å². The molecule has 0 bridgehead atoms. The Hall–Kier alpha value is 0.177. The summed E-state index contributed by atoms with van der Waals surface area (Å²) in [6.07, 6.45) is 12.2. The second-order valence-corrected chi connectivity index (χ2v) is 12.8. The summed E-state index contributed by atoms with van der Waals surface area (Å²) < 4.78 is 0. The van der Waals surface area contributed by atoms with E-state index < -0.39 is 8.07 Å². The van der Waals surface area contributed by atoms with Crippen LogP contribution in [0, 0.1) is 11.8 Å². The van der Waals surface area contributed by atoms with Gasteiger partial charge in [0, 0.05) is 0 Å². The minimum absolute atomic E-state index is 0.0218. The second-order valence-electron chi connectivity index (χ2n) is 7.67. The van der Waals surface area contributed by atoms with Crippen molar-refractivity contribution in [2.45, 2.75) is 95.5 Å². The number of rotatable bonds is 5. The SMILES string of the molecule is CCCCC[Si]1(C)CCC([C@H]2CC[C@H](O)CC2)CC1. The van der Waals surface area contributed by atoms with E-state index in [1.807, 2.05) is 0 Å². The van der Waals surface area contributed by atoms with Crippen molar-refractivity contribution in [2.24, 2.45) is 11.8 Å². The molecule has 112 valence electrons. The molecule has 1 N–H and O–H groups in total. The van der Waals surface area contributed by atoms with Crippen LogP contribution >= 0.6 is 0 Å². The van der Waals surface area contributed by atoms with Crippen molar-refractivity contribution in [3.63, 3.8) is 0 Å². The van der Waals surface area contributed by atoms with E-state index in [0.29, 0.717) is 0 Å². The van der Waals surface area contributed by atoms with Crippen LogP contribution < -0.4 is 0 Å². The van der Waals surface area contributed by atoms with Gasteiger partial charge in [0.25, 0.3) is 0 Å². The van der Waals surface area contributed by atoms with Crippen LogP contribution in [-0.4, -0.2) is 19.3 Å². The number of hydrogen-bond donors (Lipinski definition) is 1. The van der Waals surface area contributed by atoms with E-state index in [4.69, 9.17) is 0 Å². The molecule has 2 heteroatoms. The fourth-order valence-electron chi connectivity index (χ4n) is 4.43. The molecule has 19 heavy (non-hydrogen) atoms. The average molecular weight is 283 g/mol. The van der Waals surface area contributed by atoms with Gasteiger partial charge in [-0.1, -0.05) is 63.7 Å². The highest BCUT2D eigenvalue weighted by molar-refractivity contribution is 6.78. The van der Waals surface area contributed by atoms with E-state index in [0.717, 1.165) is 24.7 Å². The van der Waals surface area contributed by atoms with Crippen molar-refractivity contribution < 1.29 is 5.11 Å². The number of hydrogen-bond acceptors (Lipinski definition) is 1. The largest absolute Gasteiger partial charge is 0.393 e. The van der Waals surface area contributed by atoms with Gasteiger partial charge in [0.1, 0.15) is 0 Å². The minimum Gasteiger partial charge on any atom is -0.393 e. The Morgan fingerprint density at radius 3 is 2.05 bits per heavy atom. The topological polar surface area (TPSA) is 20.2 Å². The summed E-state index contributed by atoms with van der Waals surface area (Å²) in [6, 6.07) is 4.79. The van der Waals surface area contributed by atoms with Crippen LogP contribution in [0.25, 0.3) is 0 Å². The molecule has 0 atom stereocenters. The molecule has 1 aliphatic heterocycles. The van der Waals surface area contributed by atoms with E-state index in [1.165, 1.54) is 44.9 Å². The Morgan fingerprint density at radius 2 is 1.47 bits per heavy atom. The van der Waals surface area contributed by atoms with Gasteiger partial charge < -0.3 is 5.11 Å². The van der Waals surface area contributed by atoms with Crippen molar-refractivity contribution in [2.75, 3.05) is 0 Å². The van der Waals surface area contributed by atoms with Gasteiger partial charge in [-0.3, -0.25) is 0 Å². The third-order valence-corrected chi connectivity index (χ3v) is 10.6. The quantitative estimate of drug-likeness (QED) is 0.541. The van der Waals surface area contributed by atoms with Crippen molar-refractivity contribution in [3.05, 3.63) is 0 Å². The van der Waals surface area contributed by atoms with Gasteiger partial charge in [0.05, 0.1) is 14.2 Å². The Morgan fingerprint density at radius 1 is 0.895 bits per heavy atom. The molecule has 1 nitrogen and oxygen atoms in total. The van der Waals surface area contributed by atoms with Crippen LogP contribution in [0.1, 0.15) is 64.7 Å². The molecular formula is C17H34OSi. The Kier molecular flexibility index (Phi) is 5.95. The molecule has 2 aliphatic rings. The molecule has 0 amide bonds. The zero-order chi connectivity index (χ0) is 13.7. The third kappa shape index (κ3) is 4.59. The maximum Gasteiger partial charge on any atom is 0.0540 e. The molecule has 0 radical (unpaired) electrons. The maximum atomic E-state index is 9.64. The van der Waals surface area contributed by atoms with Crippen LogP contribution in [0.4, 0.5) is 0 Å². The zero-order valence-electron chi connectivity index (χ0n) is 13.2. The van der Waals surface area contributed by atoms with Gasteiger partial charge in [0.15, 0.2) is 0 Å². The molecule has 2 fully saturated rings. The zero-order valence-corrected chi connectivity index (χ0v) is 14.2. The first-order valence-corrected chi connectivity index (χ1v) is 11.9. The highest BCUT2D eigenvalue weighted by Gasteiger charge is 2.36. The summed E-state index contributed by atoms with van der Waals surface area (Å²) in [5.74, 6) is 1.97. The van der Waals surface area contributed by atoms with Crippen molar-refractivity contribution >= 4 is 8.07 Å². The first-order chi connectivity index (χ1) is 9.13. The van der Waals surface area contributed by atoms with E-state index in [9.17, 15) is 5.11 Å². The van der Waals surface area contributed by atoms with Crippen LogP contribution in [0.15, 0.2) is 0 Å². The van der Waals surface area contributed by atoms with E-state index in [1.54, 1.807) is 18.1 Å². The minimum atomic E-state index is -0.842. The summed E-state index contributed by atoms with van der Waals surface area (Å²) in [7, 11) is -0.842. The molecule has 0 aromatic heterocycles. The standard InChI is InChI=1S/C17H34OSi/c1-3-4-5-12-19(2)13-10-16(11-14-19)15-6-8-17(18)9-7-15/h15-18H,3-14H2,1-2H3/t15-,16?,17-,19?. The lowest BCUT2D eigenvalue weighted by Crippen LogP contribution is -2.37. The van der Waals surface area contributed by atoms with E-state index >= 15 is 0 Å². The first kappa shape index (κ1) is 15.6. The lowest BCUT2D eigenvalue weighted by atomic mass is 9.76. The number of aliphatic hydroxyl groups is 1. The number of unbranched alkanes of at least 4 members (excludes halogenated alkanes) is 2. The fraction of sp³-hybridized carbons (Fsp3) is 1.00. The molecule has 0 spiro atoms. The van der Waals surface area contributed by atoms with Gasteiger partial charge in [-0.25, -0.2) is 0 Å². The molecule has 1 saturated carbocycles. The van der Waals surface area contributed by atoms with Gasteiger partial charge in [-0.2, -0.15) is 0 Å². The van der Waals surface area contributed by atoms with E-state index in [2.05, 4.69) is 13.5 Å². The summed E-state index contributed by atoms with van der Waals surface area (Å²) >= 11 is 0. The first-order valence-electron chi connectivity index (χ1n) is 8.81. The molecule has 1 saturated heterocycles. The normalized spacial score (nSPS) is 40.3. The van der Waals surface area contributed by atoms with Gasteiger partial charge >= 0.3 is 0 Å². The smallest absolute Gasteiger partial charge is 0.0540 e. The molecule has 0 unspecified atom stereocenters. The monoisotopic (exact) mass is 282 g/mol. The van der Waals surface area contributed by atoms with Crippen molar-refractivity contribution in [1.29, 1.82) is 0 Å². The summed E-state index contributed by atoms with van der Waals surface area (Å²) in [5.41, 5.74) is 0.